The Bertz CT molecular complexity index is 1350. The molecule has 0 aliphatic rings. The summed E-state index contributed by atoms with van der Waals surface area (Å²) in [5, 5.41) is 13.8. The van der Waals surface area contributed by atoms with Gasteiger partial charge in [0, 0.05) is 28.3 Å². The number of rotatable bonds is 8. The molecule has 0 radical (unpaired) electrons. The van der Waals surface area contributed by atoms with E-state index >= 15 is 0 Å². The number of nitro groups is 1. The Balaban J connectivity index is 1.45. The van der Waals surface area contributed by atoms with Crippen molar-refractivity contribution in [1.29, 1.82) is 0 Å². The first-order valence-electron chi connectivity index (χ1n) is 10.1. The van der Waals surface area contributed by atoms with E-state index < -0.39 is 10.8 Å². The number of halogens is 1. The summed E-state index contributed by atoms with van der Waals surface area (Å²) in [7, 11) is 0. The van der Waals surface area contributed by atoms with Crippen LogP contribution in [0.4, 0.5) is 11.4 Å². The molecular formula is C25H17ClN2O6. The summed E-state index contributed by atoms with van der Waals surface area (Å²) in [6, 6.07) is 22.0. The first-order valence-corrected chi connectivity index (χ1v) is 10.4. The number of furan rings is 1. The lowest BCUT2D eigenvalue weighted by molar-refractivity contribution is -0.384. The monoisotopic (exact) mass is 476 g/mol. The molecule has 3 aromatic carbocycles. The second-order valence-electron chi connectivity index (χ2n) is 7.14. The summed E-state index contributed by atoms with van der Waals surface area (Å²) in [5.74, 6) is -0.0187. The molecule has 0 spiro atoms. The predicted octanol–water partition coefficient (Wildman–Crippen LogP) is 5.90. The van der Waals surface area contributed by atoms with Crippen LogP contribution in [0.2, 0.25) is 5.02 Å². The Morgan fingerprint density at radius 1 is 0.971 bits per heavy atom. The van der Waals surface area contributed by atoms with Gasteiger partial charge < -0.3 is 14.5 Å². The normalized spacial score (nSPS) is 10.5. The van der Waals surface area contributed by atoms with Crippen LogP contribution in [0.1, 0.15) is 32.2 Å². The standard InChI is InChI=1S/C25H17ClN2O6/c26-17-6-12-22(21(14-17)24(29)16-4-2-1-3-5-16)27-25(30)23-13-11-20(34-23)15-33-19-9-7-18(8-10-19)28(31)32/h1-14H,15H2,(H,27,30). The maximum atomic E-state index is 12.9. The Labute approximate surface area is 198 Å². The van der Waals surface area contributed by atoms with E-state index in [9.17, 15) is 19.7 Å². The predicted molar refractivity (Wildman–Crippen MR) is 125 cm³/mol. The number of benzene rings is 3. The van der Waals surface area contributed by atoms with Crippen molar-refractivity contribution in [3.8, 4) is 5.75 Å². The Hall–Kier alpha value is -4.43. The fraction of sp³-hybridized carbons (Fsp3) is 0.0400. The lowest BCUT2D eigenvalue weighted by atomic mass is 10.0. The number of nitrogens with zero attached hydrogens (tertiary/aromatic N) is 1. The van der Waals surface area contributed by atoms with Gasteiger partial charge in [-0.3, -0.25) is 19.7 Å². The van der Waals surface area contributed by atoms with E-state index in [0.29, 0.717) is 27.8 Å². The molecule has 1 aromatic heterocycles. The highest BCUT2D eigenvalue weighted by molar-refractivity contribution is 6.31. The number of nitro benzene ring substituents is 1. The Kier molecular flexibility index (Phi) is 6.70. The summed E-state index contributed by atoms with van der Waals surface area (Å²) in [6.45, 7) is 0.0176. The highest BCUT2D eigenvalue weighted by Gasteiger charge is 2.18. The summed E-state index contributed by atoms with van der Waals surface area (Å²) >= 11 is 6.08. The highest BCUT2D eigenvalue weighted by Crippen LogP contribution is 2.25. The molecule has 4 aromatic rings. The molecule has 0 atom stereocenters. The minimum Gasteiger partial charge on any atom is -0.486 e. The van der Waals surface area contributed by atoms with Crippen molar-refractivity contribution in [1.82, 2.24) is 0 Å². The Morgan fingerprint density at radius 3 is 2.41 bits per heavy atom. The van der Waals surface area contributed by atoms with E-state index in [4.69, 9.17) is 20.8 Å². The van der Waals surface area contributed by atoms with Crippen LogP contribution in [0.15, 0.2) is 89.3 Å². The molecule has 0 aliphatic heterocycles. The molecule has 4 rings (SSSR count). The molecule has 1 amide bonds. The smallest absolute Gasteiger partial charge is 0.291 e. The molecule has 0 bridgehead atoms. The van der Waals surface area contributed by atoms with Crippen molar-refractivity contribution in [3.05, 3.63) is 123 Å². The SMILES string of the molecule is O=C(Nc1ccc(Cl)cc1C(=O)c1ccccc1)c1ccc(COc2ccc([N+](=O)[O-])cc2)o1. The zero-order valence-electron chi connectivity index (χ0n) is 17.6. The largest absolute Gasteiger partial charge is 0.486 e. The molecule has 0 fully saturated rings. The lowest BCUT2D eigenvalue weighted by Crippen LogP contribution is -2.14. The van der Waals surface area contributed by atoms with E-state index in [1.54, 1.807) is 48.5 Å². The van der Waals surface area contributed by atoms with E-state index in [2.05, 4.69) is 5.32 Å². The molecule has 0 aliphatic carbocycles. The van der Waals surface area contributed by atoms with Crippen molar-refractivity contribution in [2.75, 3.05) is 5.32 Å². The zero-order valence-corrected chi connectivity index (χ0v) is 18.3. The number of carbonyl (C=O) groups excluding carboxylic acids is 2. The minimum absolute atomic E-state index is 0.0176. The average Bonchev–Trinajstić information content (AvgIpc) is 3.33. The highest BCUT2D eigenvalue weighted by atomic mass is 35.5. The molecule has 1 N–H and O–H groups in total. The van der Waals surface area contributed by atoms with Gasteiger partial charge in [0.05, 0.1) is 10.6 Å². The van der Waals surface area contributed by atoms with Gasteiger partial charge in [-0.25, -0.2) is 0 Å². The van der Waals surface area contributed by atoms with Gasteiger partial charge in [-0.2, -0.15) is 0 Å². The third-order valence-corrected chi connectivity index (χ3v) is 5.06. The van der Waals surface area contributed by atoms with Crippen LogP contribution >= 0.6 is 11.6 Å². The second-order valence-corrected chi connectivity index (χ2v) is 7.58. The fourth-order valence-electron chi connectivity index (χ4n) is 3.14. The molecule has 34 heavy (non-hydrogen) atoms. The van der Waals surface area contributed by atoms with Gasteiger partial charge >= 0.3 is 0 Å². The number of nitrogens with one attached hydrogen (secondary N) is 1. The molecule has 9 heteroatoms. The maximum Gasteiger partial charge on any atom is 0.291 e. The van der Waals surface area contributed by atoms with Crippen molar-refractivity contribution >= 4 is 34.7 Å². The summed E-state index contributed by atoms with van der Waals surface area (Å²) in [6.07, 6.45) is 0. The summed E-state index contributed by atoms with van der Waals surface area (Å²) in [5.41, 5.74) is 0.962. The van der Waals surface area contributed by atoms with Crippen LogP contribution in [0, 0.1) is 10.1 Å². The lowest BCUT2D eigenvalue weighted by Gasteiger charge is -2.10. The molecule has 8 nitrogen and oxygen atoms in total. The topological polar surface area (TPSA) is 112 Å². The number of hydrogen-bond acceptors (Lipinski definition) is 6. The van der Waals surface area contributed by atoms with Gasteiger partial charge in [0.15, 0.2) is 11.5 Å². The van der Waals surface area contributed by atoms with Crippen LogP contribution < -0.4 is 10.1 Å². The number of non-ortho nitro benzene ring substituents is 1. The van der Waals surface area contributed by atoms with Gasteiger partial charge in [0.2, 0.25) is 0 Å². The molecule has 0 saturated heterocycles. The molecule has 0 unspecified atom stereocenters. The van der Waals surface area contributed by atoms with Crippen molar-refractivity contribution in [3.63, 3.8) is 0 Å². The second kappa shape index (κ2) is 10.0. The van der Waals surface area contributed by atoms with Crippen LogP contribution in [0.25, 0.3) is 0 Å². The van der Waals surface area contributed by atoms with Crippen LogP contribution in [-0.4, -0.2) is 16.6 Å². The van der Waals surface area contributed by atoms with Gasteiger partial charge in [-0.05, 0) is 42.5 Å². The van der Waals surface area contributed by atoms with Crippen LogP contribution in [0.3, 0.4) is 0 Å². The summed E-state index contributed by atoms with van der Waals surface area (Å²) < 4.78 is 11.1. The van der Waals surface area contributed by atoms with E-state index in [1.165, 1.54) is 36.4 Å². The minimum atomic E-state index is -0.550. The third-order valence-electron chi connectivity index (χ3n) is 4.82. The van der Waals surface area contributed by atoms with Crippen molar-refractivity contribution < 1.29 is 23.7 Å². The molecule has 0 saturated carbocycles. The number of carbonyl (C=O) groups is 2. The summed E-state index contributed by atoms with van der Waals surface area (Å²) in [4.78, 5) is 35.9. The van der Waals surface area contributed by atoms with Gasteiger partial charge in [-0.15, -0.1) is 0 Å². The van der Waals surface area contributed by atoms with Crippen molar-refractivity contribution in [2.24, 2.45) is 0 Å². The number of ether oxygens (including phenoxy) is 1. The maximum absolute atomic E-state index is 12.9. The number of anilines is 1. The molecule has 1 heterocycles. The van der Waals surface area contributed by atoms with E-state index in [-0.39, 0.29) is 29.4 Å². The van der Waals surface area contributed by atoms with Crippen molar-refractivity contribution in [2.45, 2.75) is 6.61 Å². The average molecular weight is 477 g/mol. The van der Waals surface area contributed by atoms with Gasteiger partial charge in [-0.1, -0.05) is 41.9 Å². The third kappa shape index (κ3) is 5.31. The first-order chi connectivity index (χ1) is 16.4. The van der Waals surface area contributed by atoms with Crippen LogP contribution in [-0.2, 0) is 6.61 Å². The zero-order chi connectivity index (χ0) is 24.1. The number of hydrogen-bond donors (Lipinski definition) is 1. The van der Waals surface area contributed by atoms with Gasteiger partial charge in [0.25, 0.3) is 11.6 Å². The van der Waals surface area contributed by atoms with E-state index in [1.807, 2.05) is 0 Å². The quantitative estimate of drug-likeness (QED) is 0.192. The number of ketones is 1. The van der Waals surface area contributed by atoms with E-state index in [0.717, 1.165) is 0 Å². The molecular weight excluding hydrogens is 460 g/mol. The Morgan fingerprint density at radius 2 is 1.71 bits per heavy atom. The first kappa shape index (κ1) is 22.8. The number of amides is 1. The molecule has 170 valence electrons. The fourth-order valence-corrected chi connectivity index (χ4v) is 3.31. The van der Waals surface area contributed by atoms with Gasteiger partial charge in [0.1, 0.15) is 18.1 Å². The van der Waals surface area contributed by atoms with Crippen LogP contribution in [0.5, 0.6) is 5.75 Å².